The average Bonchev–Trinajstić information content (AvgIpc) is 3.11. The van der Waals surface area contributed by atoms with E-state index in [2.05, 4.69) is 0 Å². The normalized spacial score (nSPS) is 17.4. The minimum atomic E-state index is -1.18. The first-order chi connectivity index (χ1) is 11.7. The fourth-order valence-electron chi connectivity index (χ4n) is 3.23. The molecule has 0 amide bonds. The molecule has 1 N–H and O–H groups in total. The van der Waals surface area contributed by atoms with Gasteiger partial charge in [-0.2, -0.15) is 0 Å². The number of hydrogen-bond acceptors (Lipinski definition) is 5. The molecule has 126 valence electrons. The zero-order valence-electron chi connectivity index (χ0n) is 13.3. The van der Waals surface area contributed by atoms with Crippen molar-refractivity contribution >= 4 is 6.29 Å². The van der Waals surface area contributed by atoms with Crippen molar-refractivity contribution in [1.29, 1.82) is 0 Å². The SMILES string of the molecule is O=CC1(C(O)c2occc(=O)c2OCc2ccccc2)CCCC1. The van der Waals surface area contributed by atoms with Gasteiger partial charge in [0.15, 0.2) is 5.76 Å². The highest BCUT2D eigenvalue weighted by Gasteiger charge is 2.44. The lowest BCUT2D eigenvalue weighted by molar-refractivity contribution is -0.123. The minimum absolute atomic E-state index is 0.0259. The summed E-state index contributed by atoms with van der Waals surface area (Å²) in [6.07, 6.45) is 3.72. The summed E-state index contributed by atoms with van der Waals surface area (Å²) >= 11 is 0. The van der Waals surface area contributed by atoms with Gasteiger partial charge in [-0.25, -0.2) is 0 Å². The molecule has 1 aliphatic carbocycles. The van der Waals surface area contributed by atoms with E-state index in [0.717, 1.165) is 24.7 Å². The maximum absolute atomic E-state index is 12.2. The van der Waals surface area contributed by atoms with E-state index in [9.17, 15) is 14.7 Å². The second-order valence-electron chi connectivity index (χ2n) is 6.21. The van der Waals surface area contributed by atoms with Crippen LogP contribution in [0.15, 0.2) is 51.9 Å². The van der Waals surface area contributed by atoms with Crippen molar-refractivity contribution in [3.63, 3.8) is 0 Å². The maximum atomic E-state index is 12.2. The van der Waals surface area contributed by atoms with Gasteiger partial charge < -0.3 is 19.1 Å². The first kappa shape index (κ1) is 16.5. The van der Waals surface area contributed by atoms with Crippen LogP contribution in [-0.4, -0.2) is 11.4 Å². The Bertz CT molecular complexity index is 744. The van der Waals surface area contributed by atoms with Crippen LogP contribution in [0.25, 0.3) is 0 Å². The van der Waals surface area contributed by atoms with Crippen molar-refractivity contribution in [3.05, 3.63) is 64.2 Å². The number of hydrogen-bond donors (Lipinski definition) is 1. The van der Waals surface area contributed by atoms with Crippen LogP contribution in [0.2, 0.25) is 0 Å². The Balaban J connectivity index is 1.89. The van der Waals surface area contributed by atoms with Crippen LogP contribution in [0.3, 0.4) is 0 Å². The van der Waals surface area contributed by atoms with Crippen molar-refractivity contribution in [3.8, 4) is 5.75 Å². The van der Waals surface area contributed by atoms with Crippen LogP contribution in [-0.2, 0) is 11.4 Å². The fraction of sp³-hybridized carbons (Fsp3) is 0.368. The summed E-state index contributed by atoms with van der Waals surface area (Å²) in [4.78, 5) is 23.8. The van der Waals surface area contributed by atoms with Crippen LogP contribution in [0, 0.1) is 5.41 Å². The number of carbonyl (C=O) groups excluding carboxylic acids is 1. The lowest BCUT2D eigenvalue weighted by atomic mass is 9.80. The van der Waals surface area contributed by atoms with Crippen LogP contribution in [0.5, 0.6) is 5.75 Å². The number of aliphatic hydroxyl groups excluding tert-OH is 1. The highest BCUT2D eigenvalue weighted by Crippen LogP contribution is 2.47. The van der Waals surface area contributed by atoms with Crippen molar-refractivity contribution in [1.82, 2.24) is 0 Å². The minimum Gasteiger partial charge on any atom is -0.482 e. The molecular weight excluding hydrogens is 308 g/mol. The van der Waals surface area contributed by atoms with E-state index in [1.807, 2.05) is 30.3 Å². The number of ether oxygens (including phenoxy) is 1. The average molecular weight is 328 g/mol. The summed E-state index contributed by atoms with van der Waals surface area (Å²) in [7, 11) is 0. The number of benzene rings is 1. The summed E-state index contributed by atoms with van der Waals surface area (Å²) in [5.74, 6) is 0.00871. The first-order valence-electron chi connectivity index (χ1n) is 8.09. The molecule has 1 saturated carbocycles. The Hall–Kier alpha value is -2.40. The molecule has 24 heavy (non-hydrogen) atoms. The molecule has 0 aliphatic heterocycles. The van der Waals surface area contributed by atoms with Gasteiger partial charge in [0, 0.05) is 6.07 Å². The van der Waals surface area contributed by atoms with Crippen LogP contribution < -0.4 is 10.2 Å². The number of rotatable bonds is 6. The molecule has 5 nitrogen and oxygen atoms in total. The molecule has 1 atom stereocenters. The molecule has 1 aliphatic rings. The molecule has 1 aromatic heterocycles. The highest BCUT2D eigenvalue weighted by atomic mass is 16.5. The molecule has 1 heterocycles. The monoisotopic (exact) mass is 328 g/mol. The predicted molar refractivity (Wildman–Crippen MR) is 87.7 cm³/mol. The van der Waals surface area contributed by atoms with E-state index in [1.165, 1.54) is 12.3 Å². The second-order valence-corrected chi connectivity index (χ2v) is 6.21. The van der Waals surface area contributed by atoms with Crippen molar-refractivity contribution in [2.75, 3.05) is 0 Å². The molecule has 1 aromatic carbocycles. The summed E-state index contributed by atoms with van der Waals surface area (Å²) in [6, 6.07) is 10.7. The molecular formula is C19H20O5. The van der Waals surface area contributed by atoms with E-state index in [1.54, 1.807) is 0 Å². The molecule has 0 spiro atoms. The predicted octanol–water partition coefficient (Wildman–Crippen LogP) is 3.01. The Morgan fingerprint density at radius 1 is 1.21 bits per heavy atom. The summed E-state index contributed by atoms with van der Waals surface area (Å²) < 4.78 is 11.0. The Kier molecular flexibility index (Phi) is 4.81. The van der Waals surface area contributed by atoms with Crippen molar-refractivity contribution in [2.24, 2.45) is 5.41 Å². The highest BCUT2D eigenvalue weighted by molar-refractivity contribution is 5.62. The second kappa shape index (κ2) is 7.01. The first-order valence-corrected chi connectivity index (χ1v) is 8.09. The standard InChI is InChI=1S/C19H20O5/c20-13-19(9-4-5-10-19)18(22)17-16(15(21)8-11-23-17)24-12-14-6-2-1-3-7-14/h1-3,6-8,11,13,18,22H,4-5,9-10,12H2. The lowest BCUT2D eigenvalue weighted by Gasteiger charge is -2.28. The van der Waals surface area contributed by atoms with E-state index >= 15 is 0 Å². The fourth-order valence-corrected chi connectivity index (χ4v) is 3.23. The third-order valence-electron chi connectivity index (χ3n) is 4.65. The third kappa shape index (κ3) is 3.12. The van der Waals surface area contributed by atoms with Crippen molar-refractivity contribution in [2.45, 2.75) is 38.4 Å². The quantitative estimate of drug-likeness (QED) is 0.825. The zero-order chi connectivity index (χ0) is 17.0. The topological polar surface area (TPSA) is 76.7 Å². The van der Waals surface area contributed by atoms with Gasteiger partial charge in [0.05, 0.1) is 11.7 Å². The van der Waals surface area contributed by atoms with Gasteiger partial charge in [-0.3, -0.25) is 4.79 Å². The van der Waals surface area contributed by atoms with Gasteiger partial charge in [0.25, 0.3) is 0 Å². The third-order valence-corrected chi connectivity index (χ3v) is 4.65. The van der Waals surface area contributed by atoms with Crippen molar-refractivity contribution < 1.29 is 19.1 Å². The van der Waals surface area contributed by atoms with Gasteiger partial charge in [-0.15, -0.1) is 0 Å². The smallest absolute Gasteiger partial charge is 0.227 e. The van der Waals surface area contributed by atoms with E-state index in [4.69, 9.17) is 9.15 Å². The van der Waals surface area contributed by atoms with Gasteiger partial charge in [-0.05, 0) is 18.4 Å². The number of aliphatic hydroxyl groups is 1. The molecule has 2 aromatic rings. The van der Waals surface area contributed by atoms with Crippen LogP contribution >= 0.6 is 0 Å². The largest absolute Gasteiger partial charge is 0.482 e. The van der Waals surface area contributed by atoms with Gasteiger partial charge in [-0.1, -0.05) is 43.2 Å². The molecule has 5 heteroatoms. The van der Waals surface area contributed by atoms with Gasteiger partial charge in [0.1, 0.15) is 19.0 Å². The Morgan fingerprint density at radius 3 is 2.58 bits per heavy atom. The molecule has 3 rings (SSSR count). The zero-order valence-corrected chi connectivity index (χ0v) is 13.3. The van der Waals surface area contributed by atoms with E-state index < -0.39 is 11.5 Å². The van der Waals surface area contributed by atoms with Gasteiger partial charge >= 0.3 is 0 Å². The Labute approximate surface area is 139 Å². The Morgan fingerprint density at radius 2 is 1.92 bits per heavy atom. The summed E-state index contributed by atoms with van der Waals surface area (Å²) in [6.45, 7) is 0.184. The molecule has 1 fully saturated rings. The van der Waals surface area contributed by atoms with Crippen LogP contribution in [0.1, 0.15) is 43.1 Å². The summed E-state index contributed by atoms with van der Waals surface area (Å²) in [5, 5.41) is 10.7. The molecule has 1 unspecified atom stereocenters. The lowest BCUT2D eigenvalue weighted by Crippen LogP contribution is -2.29. The van der Waals surface area contributed by atoms with Gasteiger partial charge in [0.2, 0.25) is 11.2 Å². The number of carbonyl (C=O) groups is 1. The van der Waals surface area contributed by atoms with E-state index in [0.29, 0.717) is 12.8 Å². The van der Waals surface area contributed by atoms with Crippen LogP contribution in [0.4, 0.5) is 0 Å². The van der Waals surface area contributed by atoms with E-state index in [-0.39, 0.29) is 23.5 Å². The number of aldehydes is 1. The summed E-state index contributed by atoms with van der Waals surface area (Å²) in [5.41, 5.74) is -0.375. The maximum Gasteiger partial charge on any atom is 0.227 e. The molecule has 0 saturated heterocycles. The molecule has 0 radical (unpaired) electrons. The molecule has 0 bridgehead atoms.